The molecule has 4 aromatic rings. The predicted molar refractivity (Wildman–Crippen MR) is 92.7 cm³/mol. The van der Waals surface area contributed by atoms with E-state index in [4.69, 9.17) is 23.2 Å². The Hall–Kier alpha value is -2.38. The highest BCUT2D eigenvalue weighted by molar-refractivity contribution is 6.42. The summed E-state index contributed by atoms with van der Waals surface area (Å²) in [6.07, 6.45) is -2.78. The highest BCUT2D eigenvalue weighted by Crippen LogP contribution is 2.34. The maximum Gasteiger partial charge on any atom is 0.416 e. The molecule has 0 aliphatic heterocycles. The lowest BCUT2D eigenvalue weighted by Gasteiger charge is -2.05. The lowest BCUT2D eigenvalue weighted by Crippen LogP contribution is -2.04. The van der Waals surface area contributed by atoms with Crippen LogP contribution in [0.2, 0.25) is 10.0 Å². The van der Waals surface area contributed by atoms with Crippen molar-refractivity contribution in [1.29, 1.82) is 0 Å². The van der Waals surface area contributed by atoms with Gasteiger partial charge in [-0.25, -0.2) is 4.98 Å². The molecule has 25 heavy (non-hydrogen) atoms. The van der Waals surface area contributed by atoms with Crippen molar-refractivity contribution in [2.45, 2.75) is 6.18 Å². The molecule has 2 aromatic carbocycles. The number of fused-ring (bicyclic) bond motifs is 2. The number of aromatic nitrogens is 3. The van der Waals surface area contributed by atoms with Crippen LogP contribution in [0.3, 0.4) is 0 Å². The molecule has 0 fully saturated rings. The van der Waals surface area contributed by atoms with Crippen LogP contribution >= 0.6 is 23.2 Å². The van der Waals surface area contributed by atoms with Crippen LogP contribution in [0.25, 0.3) is 21.9 Å². The maximum atomic E-state index is 12.8. The smallest absolute Gasteiger partial charge is 0.360 e. The van der Waals surface area contributed by atoms with Crippen molar-refractivity contribution in [2.75, 3.05) is 5.32 Å². The lowest BCUT2D eigenvalue weighted by atomic mass is 10.2. The number of H-pyrrole nitrogens is 2. The zero-order chi connectivity index (χ0) is 17.8. The van der Waals surface area contributed by atoms with E-state index in [1.807, 2.05) is 0 Å². The van der Waals surface area contributed by atoms with Crippen LogP contribution in [-0.4, -0.2) is 15.0 Å². The first-order valence-electron chi connectivity index (χ1n) is 7.11. The Balaban J connectivity index is 1.71. The highest BCUT2D eigenvalue weighted by Gasteiger charge is 2.30. The summed E-state index contributed by atoms with van der Waals surface area (Å²) in [6.45, 7) is 0. The van der Waals surface area contributed by atoms with Gasteiger partial charge < -0.3 is 15.3 Å². The summed E-state index contributed by atoms with van der Waals surface area (Å²) < 4.78 is 38.4. The Morgan fingerprint density at radius 2 is 1.80 bits per heavy atom. The molecule has 0 saturated carbocycles. The first-order chi connectivity index (χ1) is 11.8. The molecule has 0 unspecified atom stereocenters. The van der Waals surface area contributed by atoms with E-state index in [1.54, 1.807) is 18.3 Å². The van der Waals surface area contributed by atoms with E-state index >= 15 is 0 Å². The lowest BCUT2D eigenvalue weighted by molar-refractivity contribution is -0.137. The fourth-order valence-corrected chi connectivity index (χ4v) is 3.26. The quantitative estimate of drug-likeness (QED) is 0.390. The molecule has 0 saturated heterocycles. The topological polar surface area (TPSA) is 56.5 Å². The van der Waals surface area contributed by atoms with Gasteiger partial charge in [0, 0.05) is 17.3 Å². The monoisotopic (exact) mass is 384 g/mol. The van der Waals surface area contributed by atoms with E-state index in [-0.39, 0.29) is 5.52 Å². The molecule has 9 heteroatoms. The number of anilines is 2. The van der Waals surface area contributed by atoms with E-state index in [2.05, 4.69) is 20.3 Å². The number of benzene rings is 2. The van der Waals surface area contributed by atoms with Crippen LogP contribution in [0.15, 0.2) is 36.5 Å². The molecule has 0 amide bonds. The number of alkyl halides is 3. The summed E-state index contributed by atoms with van der Waals surface area (Å²) in [5.41, 5.74) is 1.32. The SMILES string of the molecule is FC(F)(F)c1ccc2nc(Nc3cc(Cl)c4c(Cl)c[nH]c4c3)[nH]c2c1. The second-order valence-corrected chi connectivity index (χ2v) is 6.27. The van der Waals surface area contributed by atoms with Gasteiger partial charge in [-0.05, 0) is 30.3 Å². The summed E-state index contributed by atoms with van der Waals surface area (Å²) in [5.74, 6) is 0.308. The first-order valence-corrected chi connectivity index (χ1v) is 7.87. The fraction of sp³-hybridized carbons (Fsp3) is 0.0625. The zero-order valence-electron chi connectivity index (χ0n) is 12.3. The second-order valence-electron chi connectivity index (χ2n) is 5.46. The van der Waals surface area contributed by atoms with Gasteiger partial charge in [0.05, 0.1) is 32.2 Å². The Labute approximate surface area is 149 Å². The van der Waals surface area contributed by atoms with Gasteiger partial charge in [0.1, 0.15) is 0 Å². The van der Waals surface area contributed by atoms with Crippen LogP contribution < -0.4 is 5.32 Å². The number of hydrogen-bond acceptors (Lipinski definition) is 2. The predicted octanol–water partition coefficient (Wildman–Crippen LogP) is 6.11. The van der Waals surface area contributed by atoms with Crippen LogP contribution in [0.5, 0.6) is 0 Å². The van der Waals surface area contributed by atoms with Crippen molar-refractivity contribution in [3.05, 3.63) is 52.1 Å². The number of rotatable bonds is 2. The Morgan fingerprint density at radius 1 is 1.00 bits per heavy atom. The molecule has 2 heterocycles. The molecule has 2 aromatic heterocycles. The van der Waals surface area contributed by atoms with Crippen molar-refractivity contribution in [1.82, 2.24) is 15.0 Å². The van der Waals surface area contributed by atoms with Gasteiger partial charge >= 0.3 is 6.18 Å². The molecule has 3 N–H and O–H groups in total. The van der Waals surface area contributed by atoms with Gasteiger partial charge in [-0.3, -0.25) is 0 Å². The summed E-state index contributed by atoms with van der Waals surface area (Å²) in [5, 5.41) is 4.66. The van der Waals surface area contributed by atoms with Crippen LogP contribution in [0.1, 0.15) is 5.56 Å². The van der Waals surface area contributed by atoms with Crippen molar-refractivity contribution in [3.63, 3.8) is 0 Å². The molecule has 0 radical (unpaired) electrons. The molecule has 0 aliphatic carbocycles. The minimum absolute atomic E-state index is 0.285. The number of nitrogens with zero attached hydrogens (tertiary/aromatic N) is 1. The van der Waals surface area contributed by atoms with Crippen molar-refractivity contribution >= 4 is 56.8 Å². The molecular formula is C16H9Cl2F3N4. The molecule has 128 valence electrons. The molecular weight excluding hydrogens is 376 g/mol. The van der Waals surface area contributed by atoms with Gasteiger partial charge in [-0.1, -0.05) is 23.2 Å². The van der Waals surface area contributed by atoms with Gasteiger partial charge in [0.15, 0.2) is 0 Å². The zero-order valence-corrected chi connectivity index (χ0v) is 13.8. The Morgan fingerprint density at radius 3 is 2.56 bits per heavy atom. The van der Waals surface area contributed by atoms with Crippen LogP contribution in [-0.2, 0) is 6.18 Å². The van der Waals surface area contributed by atoms with Crippen molar-refractivity contribution in [2.24, 2.45) is 0 Å². The summed E-state index contributed by atoms with van der Waals surface area (Å²) in [4.78, 5) is 10.1. The van der Waals surface area contributed by atoms with Crippen molar-refractivity contribution < 1.29 is 13.2 Å². The molecule has 0 bridgehead atoms. The third-order valence-electron chi connectivity index (χ3n) is 3.76. The normalized spacial score (nSPS) is 12.2. The average Bonchev–Trinajstić information content (AvgIpc) is 3.09. The molecule has 4 rings (SSSR count). The summed E-state index contributed by atoms with van der Waals surface area (Å²) in [6, 6.07) is 6.78. The second kappa shape index (κ2) is 5.57. The first kappa shape index (κ1) is 16.1. The molecule has 0 aliphatic rings. The molecule has 4 nitrogen and oxygen atoms in total. The maximum absolute atomic E-state index is 12.8. The molecule has 0 spiro atoms. The van der Waals surface area contributed by atoms with Crippen LogP contribution in [0.4, 0.5) is 24.8 Å². The number of aromatic amines is 2. The van der Waals surface area contributed by atoms with Crippen molar-refractivity contribution in [3.8, 4) is 0 Å². The standard InChI is InChI=1S/C16H9Cl2F3N4/c17-9-4-8(5-13-14(9)10(18)6-22-13)23-15-24-11-2-1-7(16(19,20)21)3-12(11)25-15/h1-6,22H,(H2,23,24,25). The average molecular weight is 385 g/mol. The fourth-order valence-electron chi connectivity index (χ4n) is 2.63. The van der Waals surface area contributed by atoms with Crippen LogP contribution in [0, 0.1) is 0 Å². The van der Waals surface area contributed by atoms with E-state index < -0.39 is 11.7 Å². The van der Waals surface area contributed by atoms with Gasteiger partial charge in [0.2, 0.25) is 5.95 Å². The Bertz CT molecular complexity index is 1100. The summed E-state index contributed by atoms with van der Waals surface area (Å²) in [7, 11) is 0. The Kier molecular flexibility index (Phi) is 3.59. The van der Waals surface area contributed by atoms with E-state index in [0.29, 0.717) is 32.6 Å². The van der Waals surface area contributed by atoms with E-state index in [1.165, 1.54) is 6.07 Å². The van der Waals surface area contributed by atoms with E-state index in [0.717, 1.165) is 17.6 Å². The van der Waals surface area contributed by atoms with Gasteiger partial charge in [-0.15, -0.1) is 0 Å². The number of halogens is 5. The minimum atomic E-state index is -4.40. The number of hydrogen-bond donors (Lipinski definition) is 3. The van der Waals surface area contributed by atoms with Gasteiger partial charge in [0.25, 0.3) is 0 Å². The summed E-state index contributed by atoms with van der Waals surface area (Å²) >= 11 is 12.3. The van der Waals surface area contributed by atoms with Gasteiger partial charge in [-0.2, -0.15) is 13.2 Å². The largest absolute Gasteiger partial charge is 0.416 e. The number of imidazole rings is 1. The highest BCUT2D eigenvalue weighted by atomic mass is 35.5. The van der Waals surface area contributed by atoms with E-state index in [9.17, 15) is 13.2 Å². The number of nitrogens with one attached hydrogen (secondary N) is 3. The third kappa shape index (κ3) is 2.89. The third-order valence-corrected chi connectivity index (χ3v) is 4.35. The minimum Gasteiger partial charge on any atom is -0.360 e. The molecule has 0 atom stereocenters.